The summed E-state index contributed by atoms with van der Waals surface area (Å²) in [5.74, 6) is 0.104. The third-order valence-corrected chi connectivity index (χ3v) is 5.62. The molecule has 2 aromatic carbocycles. The number of carbonyl (C=O) groups excluding carboxylic acids is 2. The van der Waals surface area contributed by atoms with Gasteiger partial charge in [0.05, 0.1) is 13.1 Å². The van der Waals surface area contributed by atoms with E-state index in [1.54, 1.807) is 0 Å². The van der Waals surface area contributed by atoms with Gasteiger partial charge in [-0.15, -0.1) is 0 Å². The minimum absolute atomic E-state index is 0.00553. The van der Waals surface area contributed by atoms with E-state index >= 15 is 0 Å². The quantitative estimate of drug-likeness (QED) is 0.705. The van der Waals surface area contributed by atoms with Crippen LogP contribution in [0, 0.1) is 0 Å². The third-order valence-electron chi connectivity index (χ3n) is 5.62. The zero-order chi connectivity index (χ0) is 21.3. The Morgan fingerprint density at radius 1 is 0.967 bits per heavy atom. The van der Waals surface area contributed by atoms with Gasteiger partial charge >= 0.3 is 0 Å². The second-order valence-corrected chi connectivity index (χ2v) is 7.73. The molecule has 0 bridgehead atoms. The van der Waals surface area contributed by atoms with Gasteiger partial charge in [-0.3, -0.25) is 14.5 Å². The predicted octanol–water partition coefficient (Wildman–Crippen LogP) is 2.68. The number of benzene rings is 2. The lowest BCUT2D eigenvalue weighted by molar-refractivity contribution is -0.132. The molecule has 0 saturated carbocycles. The smallest absolute Gasteiger partial charge is 0.238 e. The zero-order valence-electron chi connectivity index (χ0n) is 17.9. The van der Waals surface area contributed by atoms with Crippen molar-refractivity contribution in [3.05, 3.63) is 65.7 Å². The maximum Gasteiger partial charge on any atom is 0.238 e. The van der Waals surface area contributed by atoms with Gasteiger partial charge < -0.3 is 15.5 Å². The molecule has 1 aliphatic heterocycles. The van der Waals surface area contributed by atoms with E-state index in [0.717, 1.165) is 17.7 Å². The van der Waals surface area contributed by atoms with E-state index in [-0.39, 0.29) is 17.9 Å². The molecule has 1 saturated heterocycles. The van der Waals surface area contributed by atoms with Gasteiger partial charge in [-0.2, -0.15) is 0 Å². The number of aryl methyl sites for hydroxylation is 1. The summed E-state index contributed by atoms with van der Waals surface area (Å²) in [6, 6.07) is 18.2. The van der Waals surface area contributed by atoms with Crippen LogP contribution < -0.4 is 10.6 Å². The van der Waals surface area contributed by atoms with E-state index in [2.05, 4.69) is 41.5 Å². The van der Waals surface area contributed by atoms with Crippen molar-refractivity contribution in [3.63, 3.8) is 0 Å². The van der Waals surface area contributed by atoms with Crippen molar-refractivity contribution in [2.75, 3.05) is 44.6 Å². The fraction of sp³-hybridized carbons (Fsp3) is 0.417. The third kappa shape index (κ3) is 6.15. The maximum absolute atomic E-state index is 12.5. The van der Waals surface area contributed by atoms with E-state index in [1.807, 2.05) is 47.4 Å². The molecule has 2 N–H and O–H groups in total. The molecule has 0 spiro atoms. The van der Waals surface area contributed by atoms with E-state index < -0.39 is 0 Å². The molecule has 6 heteroatoms. The second kappa shape index (κ2) is 10.9. The number of para-hydroxylation sites is 1. The van der Waals surface area contributed by atoms with Crippen molar-refractivity contribution in [1.82, 2.24) is 15.1 Å². The summed E-state index contributed by atoms with van der Waals surface area (Å²) in [4.78, 5) is 29.0. The molecule has 0 radical (unpaired) electrons. The van der Waals surface area contributed by atoms with Gasteiger partial charge in [0.1, 0.15) is 0 Å². The number of carbonyl (C=O) groups is 2. The number of anilines is 1. The van der Waals surface area contributed by atoms with Crippen molar-refractivity contribution in [3.8, 4) is 0 Å². The van der Waals surface area contributed by atoms with Crippen molar-refractivity contribution in [2.45, 2.75) is 26.3 Å². The monoisotopic (exact) mass is 408 g/mol. The first-order valence-electron chi connectivity index (χ1n) is 10.7. The van der Waals surface area contributed by atoms with E-state index in [1.165, 1.54) is 5.56 Å². The van der Waals surface area contributed by atoms with Gasteiger partial charge in [-0.1, -0.05) is 55.5 Å². The largest absolute Gasteiger partial charge is 0.339 e. The zero-order valence-corrected chi connectivity index (χ0v) is 17.9. The van der Waals surface area contributed by atoms with Gasteiger partial charge in [0, 0.05) is 37.9 Å². The molecular weight excluding hydrogens is 376 g/mol. The minimum Gasteiger partial charge on any atom is -0.339 e. The van der Waals surface area contributed by atoms with Gasteiger partial charge in [0.2, 0.25) is 11.8 Å². The lowest BCUT2D eigenvalue weighted by Gasteiger charge is -2.34. The minimum atomic E-state index is -0.00553. The van der Waals surface area contributed by atoms with Crippen LogP contribution in [-0.2, 0) is 16.0 Å². The highest BCUT2D eigenvalue weighted by Crippen LogP contribution is 2.15. The topological polar surface area (TPSA) is 64.7 Å². The van der Waals surface area contributed by atoms with Crippen LogP contribution in [0.4, 0.5) is 5.69 Å². The molecule has 160 valence electrons. The van der Waals surface area contributed by atoms with Gasteiger partial charge in [0.15, 0.2) is 0 Å². The maximum atomic E-state index is 12.5. The average Bonchev–Trinajstić information content (AvgIpc) is 2.78. The molecule has 1 heterocycles. The second-order valence-electron chi connectivity index (χ2n) is 7.73. The summed E-state index contributed by atoms with van der Waals surface area (Å²) in [7, 11) is 0. The summed E-state index contributed by atoms with van der Waals surface area (Å²) >= 11 is 0. The van der Waals surface area contributed by atoms with Crippen LogP contribution in [0.2, 0.25) is 0 Å². The molecule has 1 aliphatic rings. The number of piperazine rings is 1. The Morgan fingerprint density at radius 2 is 1.63 bits per heavy atom. The molecule has 2 amide bonds. The standard InChI is InChI=1S/C24H32N4O2/c1-3-20-9-7-8-12-22(20)26-23(29)18-27-13-15-28(16-14-27)24(30)17-25-19(2)21-10-5-4-6-11-21/h4-12,19,25H,3,13-18H2,1-2H3,(H,26,29)/t19-/m0/s1. The highest BCUT2D eigenvalue weighted by Gasteiger charge is 2.22. The molecule has 1 fully saturated rings. The number of nitrogens with zero attached hydrogens (tertiary/aromatic N) is 2. The van der Waals surface area contributed by atoms with Crippen molar-refractivity contribution < 1.29 is 9.59 Å². The van der Waals surface area contributed by atoms with Crippen LogP contribution in [0.1, 0.15) is 31.0 Å². The lowest BCUT2D eigenvalue weighted by Crippen LogP contribution is -2.52. The fourth-order valence-electron chi connectivity index (χ4n) is 3.71. The molecule has 1 atom stereocenters. The van der Waals surface area contributed by atoms with E-state index in [4.69, 9.17) is 0 Å². The van der Waals surface area contributed by atoms with Gasteiger partial charge in [0.25, 0.3) is 0 Å². The summed E-state index contributed by atoms with van der Waals surface area (Å²) in [6.45, 7) is 7.55. The first-order chi connectivity index (χ1) is 14.6. The van der Waals surface area contributed by atoms with Crippen molar-refractivity contribution >= 4 is 17.5 Å². The van der Waals surface area contributed by atoms with Crippen LogP contribution in [0.5, 0.6) is 0 Å². The lowest BCUT2D eigenvalue weighted by atomic mass is 10.1. The molecule has 0 aromatic heterocycles. The van der Waals surface area contributed by atoms with Crippen molar-refractivity contribution in [2.24, 2.45) is 0 Å². The van der Waals surface area contributed by atoms with E-state index in [0.29, 0.717) is 39.3 Å². The van der Waals surface area contributed by atoms with Crippen LogP contribution >= 0.6 is 0 Å². The number of hydrogen-bond donors (Lipinski definition) is 2. The number of amides is 2. The number of rotatable bonds is 8. The Morgan fingerprint density at radius 3 is 2.33 bits per heavy atom. The summed E-state index contributed by atoms with van der Waals surface area (Å²) < 4.78 is 0. The fourth-order valence-corrected chi connectivity index (χ4v) is 3.71. The van der Waals surface area contributed by atoms with E-state index in [9.17, 15) is 9.59 Å². The first-order valence-corrected chi connectivity index (χ1v) is 10.7. The van der Waals surface area contributed by atoms with Crippen molar-refractivity contribution in [1.29, 1.82) is 0 Å². The normalized spacial score (nSPS) is 15.6. The Balaban J connectivity index is 1.40. The van der Waals surface area contributed by atoms with Crippen LogP contribution in [0.25, 0.3) is 0 Å². The summed E-state index contributed by atoms with van der Waals surface area (Å²) in [5.41, 5.74) is 3.20. The molecule has 3 rings (SSSR count). The first kappa shape index (κ1) is 22.0. The molecule has 30 heavy (non-hydrogen) atoms. The molecule has 6 nitrogen and oxygen atoms in total. The average molecular weight is 409 g/mol. The van der Waals surface area contributed by atoms with Crippen LogP contribution in [0.3, 0.4) is 0 Å². The Labute approximate surface area is 179 Å². The Hall–Kier alpha value is -2.70. The molecule has 2 aromatic rings. The number of hydrogen-bond acceptors (Lipinski definition) is 4. The SMILES string of the molecule is CCc1ccccc1NC(=O)CN1CCN(C(=O)CN[C@@H](C)c2ccccc2)CC1. The molecule has 0 unspecified atom stereocenters. The highest BCUT2D eigenvalue weighted by atomic mass is 16.2. The Bertz CT molecular complexity index is 832. The van der Waals surface area contributed by atoms with Crippen LogP contribution in [0.15, 0.2) is 54.6 Å². The Kier molecular flexibility index (Phi) is 7.99. The van der Waals surface area contributed by atoms with Gasteiger partial charge in [-0.05, 0) is 30.5 Å². The molecule has 0 aliphatic carbocycles. The highest BCUT2D eigenvalue weighted by molar-refractivity contribution is 5.93. The summed E-state index contributed by atoms with van der Waals surface area (Å²) in [6.07, 6.45) is 0.883. The number of nitrogens with one attached hydrogen (secondary N) is 2. The summed E-state index contributed by atoms with van der Waals surface area (Å²) in [5, 5.41) is 6.33. The molecular formula is C24H32N4O2. The predicted molar refractivity (Wildman–Crippen MR) is 120 cm³/mol. The van der Waals surface area contributed by atoms with Crippen LogP contribution in [-0.4, -0.2) is 60.9 Å². The van der Waals surface area contributed by atoms with Gasteiger partial charge in [-0.25, -0.2) is 0 Å².